The van der Waals surface area contributed by atoms with Crippen molar-refractivity contribution >= 4 is 16.9 Å². The van der Waals surface area contributed by atoms with Crippen LogP contribution in [0.2, 0.25) is 0 Å². The van der Waals surface area contributed by atoms with Crippen LogP contribution in [0.4, 0.5) is 4.39 Å². The molecule has 2 aromatic heterocycles. The molecule has 0 bridgehead atoms. The van der Waals surface area contributed by atoms with Crippen molar-refractivity contribution in [3.63, 3.8) is 0 Å². The van der Waals surface area contributed by atoms with Crippen LogP contribution in [0.15, 0.2) is 70.0 Å². The van der Waals surface area contributed by atoms with Gasteiger partial charge in [-0.3, -0.25) is 9.59 Å². The summed E-state index contributed by atoms with van der Waals surface area (Å²) in [6.07, 6.45) is 1.59. The highest BCUT2D eigenvalue weighted by molar-refractivity contribution is 6.06. The number of carbonyl (C=O) groups excluding carboxylic acids is 1. The number of hydrogen-bond acceptors (Lipinski definition) is 3. The predicted octanol–water partition coefficient (Wildman–Crippen LogP) is 4.33. The molecule has 0 radical (unpaired) electrons. The molecule has 5 nitrogen and oxygen atoms in total. The Kier molecular flexibility index (Phi) is 5.23. The van der Waals surface area contributed by atoms with Gasteiger partial charge in [0.05, 0.1) is 17.5 Å². The van der Waals surface area contributed by atoms with Crippen LogP contribution in [0.3, 0.4) is 0 Å². The predicted molar refractivity (Wildman–Crippen MR) is 113 cm³/mol. The second kappa shape index (κ2) is 7.99. The van der Waals surface area contributed by atoms with Crippen LogP contribution in [0.5, 0.6) is 0 Å². The number of hydrogen-bond donors (Lipinski definition) is 1. The zero-order valence-corrected chi connectivity index (χ0v) is 16.7. The van der Waals surface area contributed by atoms with E-state index in [-0.39, 0.29) is 34.8 Å². The Morgan fingerprint density at radius 1 is 1.07 bits per heavy atom. The standard InChI is InChI=1S/C24H21FN2O3/c1-15-5-3-6-17(11-15)13-26-23(28)21-16(2)30-20-9-10-27(24(29)22(20)21)14-18-7-4-8-19(25)12-18/h3-12H,13-14H2,1-2H3,(H,26,28). The summed E-state index contributed by atoms with van der Waals surface area (Å²) < 4.78 is 20.6. The summed E-state index contributed by atoms with van der Waals surface area (Å²) in [6, 6.07) is 15.6. The SMILES string of the molecule is Cc1cccc(CNC(=O)c2c(C)oc3ccn(Cc4cccc(F)c4)c(=O)c23)c1. The Hall–Kier alpha value is -3.67. The van der Waals surface area contributed by atoms with Crippen LogP contribution in [0.1, 0.15) is 32.8 Å². The summed E-state index contributed by atoms with van der Waals surface area (Å²) >= 11 is 0. The second-order valence-electron chi connectivity index (χ2n) is 7.32. The first-order valence-corrected chi connectivity index (χ1v) is 9.63. The molecule has 0 fully saturated rings. The van der Waals surface area contributed by atoms with Crippen molar-refractivity contribution in [2.75, 3.05) is 0 Å². The summed E-state index contributed by atoms with van der Waals surface area (Å²) in [6.45, 7) is 4.19. The smallest absolute Gasteiger partial charge is 0.262 e. The van der Waals surface area contributed by atoms with Crippen molar-refractivity contribution in [1.82, 2.24) is 9.88 Å². The number of aromatic nitrogens is 1. The van der Waals surface area contributed by atoms with E-state index >= 15 is 0 Å². The molecule has 0 saturated carbocycles. The maximum Gasteiger partial charge on any atom is 0.262 e. The van der Waals surface area contributed by atoms with E-state index < -0.39 is 0 Å². The van der Waals surface area contributed by atoms with Gasteiger partial charge in [0.25, 0.3) is 11.5 Å². The van der Waals surface area contributed by atoms with E-state index in [0.29, 0.717) is 23.5 Å². The lowest BCUT2D eigenvalue weighted by atomic mass is 10.1. The average Bonchev–Trinajstić information content (AvgIpc) is 3.05. The summed E-state index contributed by atoms with van der Waals surface area (Å²) in [4.78, 5) is 26.0. The van der Waals surface area contributed by atoms with Gasteiger partial charge in [0.15, 0.2) is 0 Å². The zero-order chi connectivity index (χ0) is 21.3. The molecule has 4 rings (SSSR count). The number of pyridine rings is 1. The number of benzene rings is 2. The molecule has 4 aromatic rings. The van der Waals surface area contributed by atoms with Gasteiger partial charge in [0.1, 0.15) is 17.2 Å². The minimum absolute atomic E-state index is 0.196. The number of aryl methyl sites for hydroxylation is 2. The molecule has 0 aliphatic carbocycles. The Morgan fingerprint density at radius 2 is 1.83 bits per heavy atom. The first kappa shape index (κ1) is 19.6. The fourth-order valence-corrected chi connectivity index (χ4v) is 3.59. The molecule has 0 unspecified atom stereocenters. The quantitative estimate of drug-likeness (QED) is 0.539. The summed E-state index contributed by atoms with van der Waals surface area (Å²) in [5.41, 5.74) is 2.96. The van der Waals surface area contributed by atoms with Crippen LogP contribution in [-0.2, 0) is 13.1 Å². The molecule has 152 valence electrons. The van der Waals surface area contributed by atoms with Gasteiger partial charge in [-0.2, -0.15) is 0 Å². The zero-order valence-electron chi connectivity index (χ0n) is 16.7. The third kappa shape index (κ3) is 3.89. The third-order valence-electron chi connectivity index (χ3n) is 5.00. The van der Waals surface area contributed by atoms with Crippen LogP contribution in [-0.4, -0.2) is 10.5 Å². The van der Waals surface area contributed by atoms with E-state index in [9.17, 15) is 14.0 Å². The number of amides is 1. The topological polar surface area (TPSA) is 64.2 Å². The van der Waals surface area contributed by atoms with E-state index in [0.717, 1.165) is 11.1 Å². The third-order valence-corrected chi connectivity index (χ3v) is 5.00. The monoisotopic (exact) mass is 404 g/mol. The summed E-state index contributed by atoms with van der Waals surface area (Å²) in [7, 11) is 0. The summed E-state index contributed by atoms with van der Waals surface area (Å²) in [5, 5.41) is 3.10. The number of rotatable bonds is 5. The van der Waals surface area contributed by atoms with Gasteiger partial charge < -0.3 is 14.3 Å². The van der Waals surface area contributed by atoms with E-state index in [1.54, 1.807) is 31.3 Å². The lowest BCUT2D eigenvalue weighted by Gasteiger charge is -2.08. The molecule has 0 atom stereocenters. The highest BCUT2D eigenvalue weighted by Gasteiger charge is 2.21. The molecule has 0 aliphatic rings. The van der Waals surface area contributed by atoms with Crippen LogP contribution in [0, 0.1) is 19.7 Å². The molecule has 1 amide bonds. The van der Waals surface area contributed by atoms with E-state index in [1.807, 2.05) is 31.2 Å². The molecule has 2 heterocycles. The lowest BCUT2D eigenvalue weighted by molar-refractivity contribution is 0.0950. The van der Waals surface area contributed by atoms with Crippen LogP contribution in [0.25, 0.3) is 11.0 Å². The van der Waals surface area contributed by atoms with Crippen LogP contribution >= 0.6 is 0 Å². The maximum atomic E-state index is 13.5. The van der Waals surface area contributed by atoms with Crippen molar-refractivity contribution in [3.05, 3.63) is 105 Å². The lowest BCUT2D eigenvalue weighted by Crippen LogP contribution is -2.26. The number of fused-ring (bicyclic) bond motifs is 1. The van der Waals surface area contributed by atoms with Gasteiger partial charge in [0, 0.05) is 12.7 Å². The number of nitrogens with one attached hydrogen (secondary N) is 1. The number of halogens is 1. The van der Waals surface area contributed by atoms with E-state index in [4.69, 9.17) is 4.42 Å². The van der Waals surface area contributed by atoms with Gasteiger partial charge in [-0.1, -0.05) is 42.0 Å². The molecule has 0 aliphatic heterocycles. The summed E-state index contributed by atoms with van der Waals surface area (Å²) in [5.74, 6) is -0.349. The number of carbonyl (C=O) groups is 1. The number of furan rings is 1. The van der Waals surface area contributed by atoms with Crippen molar-refractivity contribution < 1.29 is 13.6 Å². The van der Waals surface area contributed by atoms with Gasteiger partial charge in [-0.15, -0.1) is 0 Å². The highest BCUT2D eigenvalue weighted by atomic mass is 19.1. The average molecular weight is 404 g/mol. The number of nitrogens with zero attached hydrogens (tertiary/aromatic N) is 1. The minimum atomic E-state index is -0.367. The molecule has 0 saturated heterocycles. The molecule has 0 spiro atoms. The maximum absolute atomic E-state index is 13.5. The van der Waals surface area contributed by atoms with Gasteiger partial charge in [0.2, 0.25) is 0 Å². The van der Waals surface area contributed by atoms with Crippen molar-refractivity contribution in [3.8, 4) is 0 Å². The van der Waals surface area contributed by atoms with Crippen LogP contribution < -0.4 is 10.9 Å². The minimum Gasteiger partial charge on any atom is -0.460 e. The van der Waals surface area contributed by atoms with Crippen molar-refractivity contribution in [1.29, 1.82) is 0 Å². The Balaban J connectivity index is 1.66. The van der Waals surface area contributed by atoms with Crippen molar-refractivity contribution in [2.45, 2.75) is 26.9 Å². The Labute approximate surface area is 172 Å². The normalized spacial score (nSPS) is 11.0. The molecular formula is C24H21FN2O3. The molecule has 1 N–H and O–H groups in total. The van der Waals surface area contributed by atoms with Gasteiger partial charge in [-0.05, 0) is 43.2 Å². The fraction of sp³-hybridized carbons (Fsp3) is 0.167. The molecule has 30 heavy (non-hydrogen) atoms. The Morgan fingerprint density at radius 3 is 2.60 bits per heavy atom. The van der Waals surface area contributed by atoms with E-state index in [1.165, 1.54) is 16.7 Å². The van der Waals surface area contributed by atoms with E-state index in [2.05, 4.69) is 5.32 Å². The van der Waals surface area contributed by atoms with Gasteiger partial charge >= 0.3 is 0 Å². The largest absolute Gasteiger partial charge is 0.460 e. The Bertz CT molecular complexity index is 1300. The highest BCUT2D eigenvalue weighted by Crippen LogP contribution is 2.23. The molecule has 6 heteroatoms. The van der Waals surface area contributed by atoms with Gasteiger partial charge in [-0.25, -0.2) is 4.39 Å². The fourth-order valence-electron chi connectivity index (χ4n) is 3.59. The first-order chi connectivity index (χ1) is 14.4. The molecular weight excluding hydrogens is 383 g/mol. The molecule has 2 aromatic carbocycles. The second-order valence-corrected chi connectivity index (χ2v) is 7.32. The van der Waals surface area contributed by atoms with Crippen molar-refractivity contribution in [2.24, 2.45) is 0 Å². The first-order valence-electron chi connectivity index (χ1n) is 9.63.